The van der Waals surface area contributed by atoms with Crippen molar-refractivity contribution in [2.75, 3.05) is 18.5 Å². The van der Waals surface area contributed by atoms with Crippen molar-refractivity contribution in [1.82, 2.24) is 0 Å². The largest absolute Gasteiger partial charge is 0.360 e. The van der Waals surface area contributed by atoms with E-state index in [1.807, 2.05) is 38.2 Å². The lowest BCUT2D eigenvalue weighted by Gasteiger charge is -2.33. The molecule has 6 heteroatoms. The van der Waals surface area contributed by atoms with Crippen molar-refractivity contribution in [2.24, 2.45) is 5.41 Å². The van der Waals surface area contributed by atoms with Crippen molar-refractivity contribution in [3.05, 3.63) is 35.8 Å². The molecule has 1 aliphatic rings. The van der Waals surface area contributed by atoms with Gasteiger partial charge in [-0.1, -0.05) is 32.9 Å². The number of para-hydroxylation sites is 1. The van der Waals surface area contributed by atoms with Crippen LogP contribution in [0.25, 0.3) is 0 Å². The maximum atomic E-state index is 13.4. The van der Waals surface area contributed by atoms with Crippen LogP contribution in [0.3, 0.4) is 0 Å². The van der Waals surface area contributed by atoms with Crippen molar-refractivity contribution in [1.29, 1.82) is 0 Å². The molecule has 0 radical (unpaired) electrons. The molecular weight excluding hydrogens is 329 g/mol. The summed E-state index contributed by atoms with van der Waals surface area (Å²) in [6.07, 6.45) is 1.82. The number of anilines is 1. The lowest BCUT2D eigenvalue weighted by atomic mass is 9.91. The molecule has 2 rings (SSSR count). The number of hydrogen-bond acceptors (Lipinski definition) is 5. The lowest BCUT2D eigenvalue weighted by Crippen LogP contribution is -2.26. The normalized spacial score (nSPS) is 18.7. The smallest absolute Gasteiger partial charge is 0.359 e. The number of rotatable bonds is 5. The quantitative estimate of drug-likeness (QED) is 0.684. The first-order valence-corrected chi connectivity index (χ1v) is 10.4. The van der Waals surface area contributed by atoms with Crippen LogP contribution in [0.5, 0.6) is 0 Å². The van der Waals surface area contributed by atoms with E-state index in [4.69, 9.17) is 9.05 Å². The van der Waals surface area contributed by atoms with Crippen molar-refractivity contribution in [2.45, 2.75) is 44.8 Å². The zero-order valence-corrected chi connectivity index (χ0v) is 16.2. The average Bonchev–Trinajstić information content (AvgIpc) is 2.67. The number of thioether (sulfide) groups is 1. The molecule has 1 aliphatic heterocycles. The Hall–Kier alpha value is -0.740. The maximum Gasteiger partial charge on any atom is 0.359 e. The van der Waals surface area contributed by atoms with Gasteiger partial charge in [-0.05, 0) is 31.4 Å². The molecule has 1 aromatic carbocycles. The molecule has 0 saturated heterocycles. The van der Waals surface area contributed by atoms with Gasteiger partial charge in [-0.15, -0.1) is 11.8 Å². The van der Waals surface area contributed by atoms with E-state index >= 15 is 0 Å². The van der Waals surface area contributed by atoms with E-state index in [0.29, 0.717) is 18.5 Å². The second kappa shape index (κ2) is 7.43. The van der Waals surface area contributed by atoms with Gasteiger partial charge in [-0.25, -0.2) is 0 Å². The van der Waals surface area contributed by atoms with Gasteiger partial charge in [0.2, 0.25) is 0 Å². The van der Waals surface area contributed by atoms with Crippen LogP contribution < -0.4 is 5.32 Å². The minimum atomic E-state index is -3.33. The summed E-state index contributed by atoms with van der Waals surface area (Å²) in [5.74, 6) is 0. The van der Waals surface area contributed by atoms with Crippen molar-refractivity contribution in [3.63, 3.8) is 0 Å². The van der Waals surface area contributed by atoms with Crippen LogP contribution in [0.1, 0.15) is 34.6 Å². The number of hydrogen-bond donors (Lipinski definition) is 1. The molecule has 0 spiro atoms. The molecule has 1 atom stereocenters. The van der Waals surface area contributed by atoms with Crippen LogP contribution >= 0.6 is 19.4 Å². The van der Waals surface area contributed by atoms with Crippen LogP contribution in [0.15, 0.2) is 40.7 Å². The zero-order chi connectivity index (χ0) is 17.1. The molecule has 0 aliphatic carbocycles. The van der Waals surface area contributed by atoms with Crippen molar-refractivity contribution < 1.29 is 13.6 Å². The third-order valence-corrected chi connectivity index (χ3v) is 7.67. The highest BCUT2D eigenvalue weighted by Gasteiger charge is 2.42. The van der Waals surface area contributed by atoms with E-state index in [1.165, 1.54) is 0 Å². The molecule has 1 unspecified atom stereocenters. The molecule has 4 nitrogen and oxygen atoms in total. The Morgan fingerprint density at radius 2 is 1.78 bits per heavy atom. The Kier molecular flexibility index (Phi) is 6.01. The van der Waals surface area contributed by atoms with Crippen LogP contribution in [0, 0.1) is 5.41 Å². The first kappa shape index (κ1) is 18.6. The molecule has 23 heavy (non-hydrogen) atoms. The first-order valence-electron chi connectivity index (χ1n) is 7.93. The van der Waals surface area contributed by atoms with Crippen molar-refractivity contribution in [3.8, 4) is 0 Å². The Bertz CT molecular complexity index is 615. The fourth-order valence-electron chi connectivity index (χ4n) is 2.47. The molecule has 1 aromatic rings. The highest BCUT2D eigenvalue weighted by molar-refractivity contribution is 8.00. The lowest BCUT2D eigenvalue weighted by molar-refractivity contribution is 0.223. The fourth-order valence-corrected chi connectivity index (χ4v) is 6.18. The number of nitrogens with one attached hydrogen (secondary N) is 1. The summed E-state index contributed by atoms with van der Waals surface area (Å²) >= 11 is 1.71. The average molecular weight is 355 g/mol. The third-order valence-electron chi connectivity index (χ3n) is 3.48. The minimum Gasteiger partial charge on any atom is -0.360 e. The van der Waals surface area contributed by atoms with Gasteiger partial charge in [0.25, 0.3) is 0 Å². The van der Waals surface area contributed by atoms with Crippen LogP contribution in [0.4, 0.5) is 5.69 Å². The Morgan fingerprint density at radius 1 is 1.17 bits per heavy atom. The van der Waals surface area contributed by atoms with Gasteiger partial charge in [0.1, 0.15) is 0 Å². The Balaban J connectivity index is 2.51. The summed E-state index contributed by atoms with van der Waals surface area (Å²) in [4.78, 5) is 1.14. The van der Waals surface area contributed by atoms with E-state index in [0.717, 1.165) is 10.6 Å². The second-order valence-electron chi connectivity index (χ2n) is 6.41. The van der Waals surface area contributed by atoms with Crippen molar-refractivity contribution >= 4 is 25.0 Å². The number of benzene rings is 1. The zero-order valence-electron chi connectivity index (χ0n) is 14.5. The summed E-state index contributed by atoms with van der Waals surface area (Å²) in [6, 6.07) is 8.10. The molecule has 1 N–H and O–H groups in total. The summed E-state index contributed by atoms with van der Waals surface area (Å²) in [7, 11) is -3.33. The molecule has 128 valence electrons. The van der Waals surface area contributed by atoms with Gasteiger partial charge in [0.15, 0.2) is 0 Å². The summed E-state index contributed by atoms with van der Waals surface area (Å²) in [5, 5.41) is 3.98. The van der Waals surface area contributed by atoms with Gasteiger partial charge in [-0.2, -0.15) is 0 Å². The van der Waals surface area contributed by atoms with E-state index < -0.39 is 7.60 Å². The second-order valence-corrected chi connectivity index (χ2v) is 9.58. The van der Waals surface area contributed by atoms with E-state index in [9.17, 15) is 4.57 Å². The fraction of sp³-hybridized carbons (Fsp3) is 0.529. The van der Waals surface area contributed by atoms with E-state index in [2.05, 4.69) is 32.2 Å². The monoisotopic (exact) mass is 355 g/mol. The molecule has 0 bridgehead atoms. The van der Waals surface area contributed by atoms with Crippen LogP contribution in [0.2, 0.25) is 0 Å². The summed E-state index contributed by atoms with van der Waals surface area (Å²) in [6.45, 7) is 10.8. The molecule has 0 amide bonds. The van der Waals surface area contributed by atoms with Gasteiger partial charge in [0.05, 0.1) is 24.2 Å². The highest BCUT2D eigenvalue weighted by Crippen LogP contribution is 2.63. The SMILES string of the molecule is CCOP(=O)(OCC)C1=CNc2ccccc2SC1C(C)(C)C. The minimum absolute atomic E-state index is 0.0115. The molecular formula is C17H26NO3PS. The third kappa shape index (κ3) is 4.21. The topological polar surface area (TPSA) is 47.6 Å². The van der Waals surface area contributed by atoms with E-state index in [1.54, 1.807) is 11.8 Å². The first-order chi connectivity index (χ1) is 10.8. The Morgan fingerprint density at radius 3 is 2.35 bits per heavy atom. The number of fused-ring (bicyclic) bond motifs is 1. The predicted octanol–water partition coefficient (Wildman–Crippen LogP) is 5.73. The van der Waals surface area contributed by atoms with Gasteiger partial charge in [0, 0.05) is 16.3 Å². The van der Waals surface area contributed by atoms with Gasteiger partial charge >= 0.3 is 7.60 Å². The Labute approximate surface area is 143 Å². The van der Waals surface area contributed by atoms with Crippen LogP contribution in [-0.4, -0.2) is 18.5 Å². The van der Waals surface area contributed by atoms with E-state index in [-0.39, 0.29) is 10.7 Å². The summed E-state index contributed by atoms with van der Waals surface area (Å²) in [5.41, 5.74) is 0.917. The molecule has 0 aromatic heterocycles. The summed E-state index contributed by atoms with van der Waals surface area (Å²) < 4.78 is 24.6. The van der Waals surface area contributed by atoms with Gasteiger partial charge < -0.3 is 14.4 Å². The molecule has 0 saturated carbocycles. The maximum absolute atomic E-state index is 13.4. The standard InChI is InChI=1S/C17H26NO3PS/c1-6-20-22(19,21-7-2)14-12-18-13-10-8-9-11-15(13)23-16(14)17(3,4)5/h8-12,16,18H,6-7H2,1-5H3. The molecule has 0 fully saturated rings. The van der Waals surface area contributed by atoms with Crippen LogP contribution in [-0.2, 0) is 13.6 Å². The van der Waals surface area contributed by atoms with Gasteiger partial charge in [-0.3, -0.25) is 4.57 Å². The molecule has 1 heterocycles. The highest BCUT2D eigenvalue weighted by atomic mass is 32.2. The predicted molar refractivity (Wildman–Crippen MR) is 98.1 cm³/mol.